The van der Waals surface area contributed by atoms with Gasteiger partial charge in [0.25, 0.3) is 5.91 Å². The Morgan fingerprint density at radius 3 is 2.67 bits per heavy atom. The first-order valence-corrected chi connectivity index (χ1v) is 9.10. The van der Waals surface area contributed by atoms with E-state index < -0.39 is 0 Å². The second-order valence-corrected chi connectivity index (χ2v) is 7.84. The molecule has 2 amide bonds. The Balaban J connectivity index is 1.99. The molecule has 2 rings (SSSR count). The van der Waals surface area contributed by atoms with Gasteiger partial charge in [-0.3, -0.25) is 19.6 Å². The minimum atomic E-state index is -0.283. The van der Waals surface area contributed by atoms with Crippen molar-refractivity contribution in [3.63, 3.8) is 0 Å². The average molecular weight is 368 g/mol. The molecule has 0 radical (unpaired) electrons. The van der Waals surface area contributed by atoms with Crippen molar-refractivity contribution in [2.75, 3.05) is 25.2 Å². The maximum atomic E-state index is 12.3. The molecule has 0 aromatic carbocycles. The normalized spacial score (nSPS) is 10.9. The highest BCUT2D eigenvalue weighted by Crippen LogP contribution is 2.26. The summed E-state index contributed by atoms with van der Waals surface area (Å²) in [4.78, 5) is 25.4. The molecule has 0 saturated heterocycles. The van der Waals surface area contributed by atoms with Crippen LogP contribution >= 0.6 is 23.1 Å². The highest BCUT2D eigenvalue weighted by molar-refractivity contribution is 8.01. The van der Waals surface area contributed by atoms with Crippen LogP contribution in [-0.4, -0.2) is 56.5 Å². The fourth-order valence-corrected chi connectivity index (χ4v) is 3.44. The number of rotatable bonds is 6. The summed E-state index contributed by atoms with van der Waals surface area (Å²) in [7, 11) is 5.14. The minimum Gasteiger partial charge on any atom is -0.348 e. The fraction of sp³-hybridized carbons (Fsp3) is 0.500. The van der Waals surface area contributed by atoms with Gasteiger partial charge in [0.1, 0.15) is 5.69 Å². The summed E-state index contributed by atoms with van der Waals surface area (Å²) in [6.07, 6.45) is 0. The number of hydrogen-bond donors (Lipinski definition) is 1. The number of nitrogens with zero attached hydrogens (tertiary/aromatic N) is 5. The molecule has 24 heavy (non-hydrogen) atoms. The standard InChI is InChI=1S/C14H20N6O2S2/c1-8(2)9-6-10(20(5)18-9)12(22)15-13-16-17-14(24-13)23-7-11(21)19(3)4/h6,8H,7H2,1-5H3,(H,15,16,22). The first-order chi connectivity index (χ1) is 11.3. The molecular formula is C14H20N6O2S2. The molecule has 0 unspecified atom stereocenters. The minimum absolute atomic E-state index is 0.00288. The summed E-state index contributed by atoms with van der Waals surface area (Å²) in [5, 5.41) is 15.3. The molecule has 2 aromatic rings. The van der Waals surface area contributed by atoms with E-state index in [1.807, 2.05) is 13.8 Å². The largest absolute Gasteiger partial charge is 0.348 e. The Kier molecular flexibility index (Phi) is 5.94. The van der Waals surface area contributed by atoms with Crippen molar-refractivity contribution >= 4 is 40.0 Å². The van der Waals surface area contributed by atoms with E-state index in [9.17, 15) is 9.59 Å². The summed E-state index contributed by atoms with van der Waals surface area (Å²) in [6, 6.07) is 1.77. The molecule has 2 heterocycles. The lowest BCUT2D eigenvalue weighted by Gasteiger charge is -2.07. The van der Waals surface area contributed by atoms with Gasteiger partial charge in [-0.1, -0.05) is 36.9 Å². The fourth-order valence-electron chi connectivity index (χ4n) is 1.72. The van der Waals surface area contributed by atoms with Gasteiger partial charge < -0.3 is 4.90 Å². The Bertz CT molecular complexity index is 737. The number of aromatic nitrogens is 4. The lowest BCUT2D eigenvalue weighted by molar-refractivity contribution is -0.125. The van der Waals surface area contributed by atoms with Crippen LogP contribution in [0.5, 0.6) is 0 Å². The van der Waals surface area contributed by atoms with Crippen LogP contribution < -0.4 is 5.32 Å². The number of carbonyl (C=O) groups is 2. The van der Waals surface area contributed by atoms with Crippen LogP contribution in [0.2, 0.25) is 0 Å². The van der Waals surface area contributed by atoms with Crippen LogP contribution in [0.3, 0.4) is 0 Å². The molecule has 1 N–H and O–H groups in total. The van der Waals surface area contributed by atoms with Gasteiger partial charge in [0.05, 0.1) is 11.4 Å². The molecule has 0 bridgehead atoms. The molecule has 10 heteroatoms. The van der Waals surface area contributed by atoms with Crippen molar-refractivity contribution in [3.8, 4) is 0 Å². The second kappa shape index (κ2) is 7.75. The second-order valence-electron chi connectivity index (χ2n) is 5.64. The van der Waals surface area contributed by atoms with Gasteiger partial charge in [0.2, 0.25) is 11.0 Å². The lowest BCUT2D eigenvalue weighted by atomic mass is 10.1. The van der Waals surface area contributed by atoms with Crippen LogP contribution in [-0.2, 0) is 11.8 Å². The topological polar surface area (TPSA) is 93.0 Å². The molecule has 0 aliphatic heterocycles. The van der Waals surface area contributed by atoms with E-state index in [1.165, 1.54) is 28.0 Å². The first-order valence-electron chi connectivity index (χ1n) is 7.29. The third-order valence-electron chi connectivity index (χ3n) is 3.17. The molecule has 2 aromatic heterocycles. The summed E-state index contributed by atoms with van der Waals surface area (Å²) in [6.45, 7) is 4.04. The van der Waals surface area contributed by atoms with Crippen LogP contribution in [0.4, 0.5) is 5.13 Å². The molecule has 8 nitrogen and oxygen atoms in total. The molecule has 130 valence electrons. The molecule has 0 spiro atoms. The van der Waals surface area contributed by atoms with Crippen molar-refractivity contribution in [3.05, 3.63) is 17.5 Å². The van der Waals surface area contributed by atoms with Crippen molar-refractivity contribution in [2.45, 2.75) is 24.1 Å². The zero-order valence-electron chi connectivity index (χ0n) is 14.2. The van der Waals surface area contributed by atoms with E-state index in [1.54, 1.807) is 31.9 Å². The number of hydrogen-bond acceptors (Lipinski definition) is 7. The van der Waals surface area contributed by atoms with Gasteiger partial charge in [-0.05, 0) is 12.0 Å². The summed E-state index contributed by atoms with van der Waals surface area (Å²) in [5.74, 6) is 0.247. The third-order valence-corrected chi connectivity index (χ3v) is 5.12. The van der Waals surface area contributed by atoms with E-state index in [0.717, 1.165) is 5.69 Å². The maximum Gasteiger partial charge on any atom is 0.275 e. The summed E-state index contributed by atoms with van der Waals surface area (Å²) < 4.78 is 2.19. The van der Waals surface area contributed by atoms with Gasteiger partial charge >= 0.3 is 0 Å². The average Bonchev–Trinajstić information content (AvgIpc) is 3.11. The van der Waals surface area contributed by atoms with Crippen molar-refractivity contribution in [1.82, 2.24) is 24.9 Å². The van der Waals surface area contributed by atoms with Crippen molar-refractivity contribution in [1.29, 1.82) is 0 Å². The van der Waals surface area contributed by atoms with Crippen molar-refractivity contribution in [2.24, 2.45) is 7.05 Å². The molecular weight excluding hydrogens is 348 g/mol. The Morgan fingerprint density at radius 2 is 2.08 bits per heavy atom. The number of anilines is 1. The van der Waals surface area contributed by atoms with Crippen LogP contribution in [0.1, 0.15) is 35.9 Å². The smallest absolute Gasteiger partial charge is 0.275 e. The zero-order valence-corrected chi connectivity index (χ0v) is 15.9. The SMILES string of the molecule is CC(C)c1cc(C(=O)Nc2nnc(SCC(=O)N(C)C)s2)n(C)n1. The van der Waals surface area contributed by atoms with Crippen molar-refractivity contribution < 1.29 is 9.59 Å². The van der Waals surface area contributed by atoms with Gasteiger partial charge in [-0.15, -0.1) is 10.2 Å². The summed E-state index contributed by atoms with van der Waals surface area (Å²) >= 11 is 2.53. The lowest BCUT2D eigenvalue weighted by Crippen LogP contribution is -2.23. The molecule has 0 fully saturated rings. The van der Waals surface area contributed by atoms with Gasteiger partial charge in [0.15, 0.2) is 4.34 Å². The summed E-state index contributed by atoms with van der Waals surface area (Å²) in [5.41, 5.74) is 1.32. The Labute approximate surface area is 148 Å². The highest BCUT2D eigenvalue weighted by Gasteiger charge is 2.17. The Morgan fingerprint density at radius 1 is 1.38 bits per heavy atom. The van der Waals surface area contributed by atoms with Crippen LogP contribution in [0.25, 0.3) is 0 Å². The van der Waals surface area contributed by atoms with E-state index >= 15 is 0 Å². The quantitative estimate of drug-likeness (QED) is 0.618. The van der Waals surface area contributed by atoms with E-state index in [4.69, 9.17) is 0 Å². The molecule has 0 atom stereocenters. The Hall–Kier alpha value is -1.94. The number of aryl methyl sites for hydroxylation is 1. The predicted octanol–water partition coefficient (Wildman–Crippen LogP) is 1.83. The van der Waals surface area contributed by atoms with E-state index in [-0.39, 0.29) is 23.5 Å². The van der Waals surface area contributed by atoms with Gasteiger partial charge in [-0.2, -0.15) is 5.10 Å². The zero-order chi connectivity index (χ0) is 17.9. The number of nitrogens with one attached hydrogen (secondary N) is 1. The maximum absolute atomic E-state index is 12.3. The predicted molar refractivity (Wildman–Crippen MR) is 94.6 cm³/mol. The highest BCUT2D eigenvalue weighted by atomic mass is 32.2. The van der Waals surface area contributed by atoms with E-state index in [2.05, 4.69) is 20.6 Å². The molecule has 0 aliphatic rings. The number of thioether (sulfide) groups is 1. The monoisotopic (exact) mass is 368 g/mol. The first kappa shape index (κ1) is 18.4. The number of amides is 2. The van der Waals surface area contributed by atoms with Crippen LogP contribution in [0.15, 0.2) is 10.4 Å². The molecule has 0 aliphatic carbocycles. The van der Waals surface area contributed by atoms with E-state index in [0.29, 0.717) is 15.2 Å². The third kappa shape index (κ3) is 4.54. The molecule has 0 saturated carbocycles. The van der Waals surface area contributed by atoms with Gasteiger partial charge in [0, 0.05) is 21.1 Å². The van der Waals surface area contributed by atoms with Crippen LogP contribution in [0, 0.1) is 0 Å². The van der Waals surface area contributed by atoms with Gasteiger partial charge in [-0.25, -0.2) is 0 Å². The number of carbonyl (C=O) groups excluding carboxylic acids is 2.